The summed E-state index contributed by atoms with van der Waals surface area (Å²) in [5.41, 5.74) is 5.47. The van der Waals surface area contributed by atoms with Crippen LogP contribution in [0.4, 0.5) is 0 Å². The smallest absolute Gasteiger partial charge is 0.266 e. The molecule has 1 heterocycles. The summed E-state index contributed by atoms with van der Waals surface area (Å²) in [5, 5.41) is 8.81. The Morgan fingerprint density at radius 3 is 2.79 bits per heavy atom. The molecule has 1 aliphatic rings. The summed E-state index contributed by atoms with van der Waals surface area (Å²) >= 11 is 0. The number of hydrogen-bond donors (Lipinski definition) is 3. The van der Waals surface area contributed by atoms with Crippen LogP contribution in [-0.4, -0.2) is 74.4 Å². The largest absolute Gasteiger partial charge is 0.494 e. The number of benzene rings is 1. The van der Waals surface area contributed by atoms with Crippen molar-refractivity contribution >= 4 is 11.8 Å². The van der Waals surface area contributed by atoms with E-state index in [0.717, 1.165) is 18.5 Å². The number of ether oxygens (including phenoxy) is 2. The maximum atomic E-state index is 12.8. The number of aliphatic hydroxyl groups excluding tert-OH is 1. The van der Waals surface area contributed by atoms with E-state index in [1.54, 1.807) is 6.08 Å². The summed E-state index contributed by atoms with van der Waals surface area (Å²) in [7, 11) is 4.02. The predicted octanol–water partition coefficient (Wildman–Crippen LogP) is 1.11. The number of aliphatic imine (C=N–C) groups is 1. The molecule has 8 heteroatoms. The number of carbonyl (C=O) groups is 1. The maximum Gasteiger partial charge on any atom is 0.266 e. The molecule has 0 fully saturated rings. The Morgan fingerprint density at radius 1 is 1.38 bits per heavy atom. The van der Waals surface area contributed by atoms with E-state index in [2.05, 4.69) is 27.3 Å². The van der Waals surface area contributed by atoms with Crippen LogP contribution in [0.2, 0.25) is 0 Å². The van der Waals surface area contributed by atoms with Crippen LogP contribution in [-0.2, 0) is 9.53 Å². The van der Waals surface area contributed by atoms with Crippen molar-refractivity contribution in [3.8, 4) is 5.75 Å². The average molecular weight is 405 g/mol. The summed E-state index contributed by atoms with van der Waals surface area (Å²) in [6, 6.07) is 7.32. The Morgan fingerprint density at radius 2 is 2.14 bits per heavy atom. The van der Waals surface area contributed by atoms with E-state index in [1.165, 1.54) is 0 Å². The van der Waals surface area contributed by atoms with Crippen LogP contribution in [0.1, 0.15) is 24.8 Å². The van der Waals surface area contributed by atoms with Crippen LogP contribution in [0, 0.1) is 0 Å². The normalized spacial score (nSPS) is 18.3. The van der Waals surface area contributed by atoms with Gasteiger partial charge in [-0.25, -0.2) is 10.4 Å². The van der Waals surface area contributed by atoms with Gasteiger partial charge in [0, 0.05) is 31.6 Å². The van der Waals surface area contributed by atoms with E-state index in [1.807, 2.05) is 38.4 Å². The third kappa shape index (κ3) is 6.85. The highest BCUT2D eigenvalue weighted by molar-refractivity contribution is 6.00. The minimum Gasteiger partial charge on any atom is -0.494 e. The molecular formula is C21H32N4O4. The summed E-state index contributed by atoms with van der Waals surface area (Å²) in [4.78, 5) is 19.5. The average Bonchev–Trinajstić information content (AvgIpc) is 3.14. The van der Waals surface area contributed by atoms with Crippen molar-refractivity contribution in [2.75, 3.05) is 47.0 Å². The van der Waals surface area contributed by atoms with Crippen LogP contribution < -0.4 is 15.6 Å². The molecule has 1 amide bonds. The molecule has 0 spiro atoms. The van der Waals surface area contributed by atoms with Gasteiger partial charge in [0.2, 0.25) is 5.90 Å². The molecule has 0 saturated carbocycles. The lowest BCUT2D eigenvalue weighted by Gasteiger charge is -2.21. The summed E-state index contributed by atoms with van der Waals surface area (Å²) in [6.07, 6.45) is 3.56. The van der Waals surface area contributed by atoms with Gasteiger partial charge in [-0.2, -0.15) is 0 Å². The summed E-state index contributed by atoms with van der Waals surface area (Å²) in [6.45, 7) is 6.08. The first-order chi connectivity index (χ1) is 14.0. The molecular weight excluding hydrogens is 372 g/mol. The molecule has 0 aromatic heterocycles. The molecule has 0 radical (unpaired) electrons. The minimum absolute atomic E-state index is 0.0979. The summed E-state index contributed by atoms with van der Waals surface area (Å²) < 4.78 is 11.3. The molecule has 0 aliphatic carbocycles. The van der Waals surface area contributed by atoms with Crippen LogP contribution >= 0.6 is 0 Å². The fourth-order valence-electron chi connectivity index (χ4n) is 2.84. The number of aliphatic hydroxyl groups is 1. The molecule has 3 N–H and O–H groups in total. The van der Waals surface area contributed by atoms with Crippen molar-refractivity contribution in [3.63, 3.8) is 0 Å². The number of amides is 1. The molecule has 2 rings (SSSR count). The maximum absolute atomic E-state index is 12.8. The molecule has 0 bridgehead atoms. The Labute approximate surface area is 172 Å². The fraction of sp³-hybridized carbons (Fsp3) is 0.524. The first-order valence-corrected chi connectivity index (χ1v) is 9.86. The van der Waals surface area contributed by atoms with Gasteiger partial charge in [0.05, 0.1) is 6.61 Å². The second-order valence-electron chi connectivity index (χ2n) is 7.22. The SMILES string of the molecule is C=CC[C@@]1(C(=O)NNCCCN(C)C)COC(c2ccc(OCCCO)cc2)=N1. The zero-order valence-electron chi connectivity index (χ0n) is 17.3. The van der Waals surface area contributed by atoms with E-state index in [9.17, 15) is 4.79 Å². The Hall–Kier alpha value is -2.42. The Balaban J connectivity index is 1.99. The zero-order chi connectivity index (χ0) is 21.1. The Bertz CT molecular complexity index is 690. The van der Waals surface area contributed by atoms with Gasteiger partial charge in [-0.15, -0.1) is 6.58 Å². The molecule has 29 heavy (non-hydrogen) atoms. The van der Waals surface area contributed by atoms with Crippen molar-refractivity contribution in [1.29, 1.82) is 0 Å². The van der Waals surface area contributed by atoms with Gasteiger partial charge < -0.3 is 19.5 Å². The first-order valence-electron chi connectivity index (χ1n) is 9.86. The van der Waals surface area contributed by atoms with Crippen LogP contribution in [0.5, 0.6) is 5.75 Å². The topological polar surface area (TPSA) is 95.4 Å². The van der Waals surface area contributed by atoms with E-state index < -0.39 is 5.54 Å². The minimum atomic E-state index is -1.03. The lowest BCUT2D eigenvalue weighted by atomic mass is 9.97. The molecule has 1 aliphatic heterocycles. The number of nitrogens with one attached hydrogen (secondary N) is 2. The van der Waals surface area contributed by atoms with Crippen molar-refractivity contribution in [3.05, 3.63) is 42.5 Å². The third-order valence-electron chi connectivity index (χ3n) is 4.45. The third-order valence-corrected chi connectivity index (χ3v) is 4.45. The number of carbonyl (C=O) groups excluding carboxylic acids is 1. The van der Waals surface area contributed by atoms with Crippen LogP contribution in [0.3, 0.4) is 0 Å². The molecule has 8 nitrogen and oxygen atoms in total. The lowest BCUT2D eigenvalue weighted by molar-refractivity contribution is -0.127. The predicted molar refractivity (Wildman–Crippen MR) is 113 cm³/mol. The second kappa shape index (κ2) is 11.5. The highest BCUT2D eigenvalue weighted by atomic mass is 16.5. The zero-order valence-corrected chi connectivity index (χ0v) is 17.3. The van der Waals surface area contributed by atoms with E-state index in [-0.39, 0.29) is 19.1 Å². The monoisotopic (exact) mass is 404 g/mol. The van der Waals surface area contributed by atoms with Gasteiger partial charge in [0.15, 0.2) is 5.54 Å². The van der Waals surface area contributed by atoms with E-state index in [0.29, 0.717) is 37.6 Å². The van der Waals surface area contributed by atoms with Gasteiger partial charge in [-0.3, -0.25) is 10.2 Å². The van der Waals surface area contributed by atoms with Crippen molar-refractivity contribution in [2.45, 2.75) is 24.8 Å². The van der Waals surface area contributed by atoms with Gasteiger partial charge in [-0.05, 0) is 51.3 Å². The Kier molecular flexibility index (Phi) is 9.11. The number of nitrogens with zero attached hydrogens (tertiary/aromatic N) is 2. The highest BCUT2D eigenvalue weighted by Gasteiger charge is 2.43. The van der Waals surface area contributed by atoms with Gasteiger partial charge in [0.25, 0.3) is 5.91 Å². The van der Waals surface area contributed by atoms with Crippen LogP contribution in [0.25, 0.3) is 0 Å². The van der Waals surface area contributed by atoms with Crippen LogP contribution in [0.15, 0.2) is 41.9 Å². The van der Waals surface area contributed by atoms with Crippen molar-refractivity contribution in [1.82, 2.24) is 15.8 Å². The van der Waals surface area contributed by atoms with Crippen molar-refractivity contribution < 1.29 is 19.4 Å². The van der Waals surface area contributed by atoms with E-state index in [4.69, 9.17) is 14.6 Å². The van der Waals surface area contributed by atoms with Gasteiger partial charge >= 0.3 is 0 Å². The second-order valence-corrected chi connectivity index (χ2v) is 7.22. The lowest BCUT2D eigenvalue weighted by Crippen LogP contribution is -2.51. The van der Waals surface area contributed by atoms with Gasteiger partial charge in [0.1, 0.15) is 12.4 Å². The van der Waals surface area contributed by atoms with E-state index >= 15 is 0 Å². The molecule has 0 saturated heterocycles. The summed E-state index contributed by atoms with van der Waals surface area (Å²) in [5.74, 6) is 0.899. The number of hydrazine groups is 1. The molecule has 1 atom stereocenters. The molecule has 160 valence electrons. The highest BCUT2D eigenvalue weighted by Crippen LogP contribution is 2.27. The van der Waals surface area contributed by atoms with Crippen molar-refractivity contribution in [2.24, 2.45) is 4.99 Å². The molecule has 1 aromatic rings. The standard InChI is InChI=1S/C21H32N4O4/c1-4-11-21(20(27)24-22-12-5-13-25(2)3)16-29-19(23-21)17-7-9-18(10-8-17)28-15-6-14-26/h4,7-10,22,26H,1,5-6,11-16H2,2-3H3,(H,24,27)/t21-/m0/s1. The quantitative estimate of drug-likeness (QED) is 0.259. The van der Waals surface area contributed by atoms with Gasteiger partial charge in [-0.1, -0.05) is 6.08 Å². The fourth-order valence-corrected chi connectivity index (χ4v) is 2.84. The first kappa shape index (κ1) is 22.9. The number of rotatable bonds is 13. The number of hydrogen-bond acceptors (Lipinski definition) is 7. The molecule has 1 aromatic carbocycles. The molecule has 0 unspecified atom stereocenters.